The first kappa shape index (κ1) is 13.0. The van der Waals surface area contributed by atoms with Crippen LogP contribution in [0.3, 0.4) is 0 Å². The molecule has 0 unspecified atom stereocenters. The van der Waals surface area contributed by atoms with Crippen molar-refractivity contribution in [3.05, 3.63) is 46.9 Å². The summed E-state index contributed by atoms with van der Waals surface area (Å²) in [6.45, 7) is 0. The van der Waals surface area contributed by atoms with E-state index in [0.29, 0.717) is 18.5 Å². The van der Waals surface area contributed by atoms with E-state index in [1.165, 1.54) is 11.3 Å². The maximum absolute atomic E-state index is 11.8. The van der Waals surface area contributed by atoms with E-state index in [0.717, 1.165) is 5.69 Å². The van der Waals surface area contributed by atoms with E-state index in [1.54, 1.807) is 29.8 Å². The fraction of sp³-hybridized carbons (Fsp3) is 0.250. The minimum absolute atomic E-state index is 0.111. The summed E-state index contributed by atoms with van der Waals surface area (Å²) in [6, 6.07) is 8.91. The van der Waals surface area contributed by atoms with E-state index >= 15 is 0 Å². The molecule has 1 heterocycles. The van der Waals surface area contributed by atoms with Crippen LogP contribution in [0.25, 0.3) is 0 Å². The van der Waals surface area contributed by atoms with Gasteiger partial charge in [-0.1, -0.05) is 18.2 Å². The summed E-state index contributed by atoms with van der Waals surface area (Å²) in [5, 5.41) is 1.94. The number of sulfonamides is 1. The number of aromatic nitrogens is 1. The quantitative estimate of drug-likeness (QED) is 0.885. The lowest BCUT2D eigenvalue weighted by atomic mass is 10.3. The molecule has 6 heteroatoms. The van der Waals surface area contributed by atoms with Gasteiger partial charge in [-0.3, -0.25) is 4.72 Å². The van der Waals surface area contributed by atoms with Crippen LogP contribution in [0.2, 0.25) is 0 Å². The Labute approximate surface area is 111 Å². The van der Waals surface area contributed by atoms with Gasteiger partial charge in [0, 0.05) is 11.1 Å². The summed E-state index contributed by atoms with van der Waals surface area (Å²) >= 11 is 1.52. The standard InChI is InChI=1S/C12H14N2O2S2/c15-18(16,14-11-5-2-1-3-6-11)8-4-7-12-9-17-10-13-12/h1-3,5-6,9-10,14H,4,7-8H2. The molecule has 0 saturated heterocycles. The van der Waals surface area contributed by atoms with E-state index in [4.69, 9.17) is 0 Å². The Morgan fingerprint density at radius 1 is 1.22 bits per heavy atom. The van der Waals surface area contributed by atoms with Gasteiger partial charge >= 0.3 is 0 Å². The van der Waals surface area contributed by atoms with Crippen molar-refractivity contribution in [1.82, 2.24) is 4.98 Å². The number of hydrogen-bond acceptors (Lipinski definition) is 4. The smallest absolute Gasteiger partial charge is 0.232 e. The van der Waals surface area contributed by atoms with Gasteiger partial charge in [-0.25, -0.2) is 13.4 Å². The van der Waals surface area contributed by atoms with Gasteiger partial charge in [0.1, 0.15) is 0 Å². The summed E-state index contributed by atoms with van der Waals surface area (Å²) in [5.74, 6) is 0.111. The molecule has 18 heavy (non-hydrogen) atoms. The average molecular weight is 282 g/mol. The first-order valence-electron chi connectivity index (χ1n) is 5.58. The molecule has 0 radical (unpaired) electrons. The van der Waals surface area contributed by atoms with Crippen LogP contribution >= 0.6 is 11.3 Å². The van der Waals surface area contributed by atoms with Gasteiger partial charge in [0.2, 0.25) is 10.0 Å². The number of hydrogen-bond donors (Lipinski definition) is 1. The highest BCUT2D eigenvalue weighted by molar-refractivity contribution is 7.92. The normalized spacial score (nSPS) is 11.3. The maximum atomic E-state index is 11.8. The molecule has 4 nitrogen and oxygen atoms in total. The Kier molecular flexibility index (Phi) is 4.33. The van der Waals surface area contributed by atoms with Crippen LogP contribution in [0, 0.1) is 0 Å². The number of anilines is 1. The summed E-state index contributed by atoms with van der Waals surface area (Å²) < 4.78 is 26.2. The van der Waals surface area contributed by atoms with Crippen molar-refractivity contribution >= 4 is 27.0 Å². The minimum Gasteiger partial charge on any atom is -0.284 e. The number of nitrogens with one attached hydrogen (secondary N) is 1. The van der Waals surface area contributed by atoms with Crippen molar-refractivity contribution in [2.24, 2.45) is 0 Å². The van der Waals surface area contributed by atoms with Crippen LogP contribution in [0.15, 0.2) is 41.2 Å². The average Bonchev–Trinajstić information content (AvgIpc) is 2.82. The third-order valence-electron chi connectivity index (χ3n) is 2.38. The molecule has 0 amide bonds. The Hall–Kier alpha value is -1.40. The molecule has 1 aromatic heterocycles. The van der Waals surface area contributed by atoms with E-state index in [1.807, 2.05) is 11.4 Å². The molecular weight excluding hydrogens is 268 g/mol. The van der Waals surface area contributed by atoms with E-state index < -0.39 is 10.0 Å². The molecule has 0 saturated carbocycles. The number of benzene rings is 1. The predicted molar refractivity (Wildman–Crippen MR) is 74.3 cm³/mol. The predicted octanol–water partition coefficient (Wildman–Crippen LogP) is 2.52. The van der Waals surface area contributed by atoms with Crippen molar-refractivity contribution < 1.29 is 8.42 Å². The van der Waals surface area contributed by atoms with Crippen molar-refractivity contribution in [3.63, 3.8) is 0 Å². The van der Waals surface area contributed by atoms with Gasteiger partial charge in [0.05, 0.1) is 17.0 Å². The Morgan fingerprint density at radius 3 is 2.67 bits per heavy atom. The monoisotopic (exact) mass is 282 g/mol. The zero-order valence-corrected chi connectivity index (χ0v) is 11.4. The number of rotatable bonds is 6. The van der Waals surface area contributed by atoms with Gasteiger partial charge in [-0.15, -0.1) is 11.3 Å². The van der Waals surface area contributed by atoms with Crippen LogP contribution in [-0.2, 0) is 16.4 Å². The third kappa shape index (κ3) is 4.12. The molecule has 0 aliphatic carbocycles. The van der Waals surface area contributed by atoms with Crippen LogP contribution in [0.1, 0.15) is 12.1 Å². The van der Waals surface area contributed by atoms with Crippen LogP contribution < -0.4 is 4.72 Å². The summed E-state index contributed by atoms with van der Waals surface area (Å²) in [7, 11) is -3.26. The molecule has 1 aromatic carbocycles. The van der Waals surface area contributed by atoms with Gasteiger partial charge in [0.25, 0.3) is 0 Å². The Balaban J connectivity index is 1.84. The molecule has 96 valence electrons. The fourth-order valence-corrected chi connectivity index (χ4v) is 3.26. The summed E-state index contributed by atoms with van der Waals surface area (Å²) in [5.41, 5.74) is 3.31. The molecule has 2 rings (SSSR count). The van der Waals surface area contributed by atoms with Gasteiger partial charge in [-0.2, -0.15) is 0 Å². The highest BCUT2D eigenvalue weighted by Gasteiger charge is 2.10. The molecule has 0 aliphatic rings. The molecule has 0 fully saturated rings. The number of para-hydroxylation sites is 1. The molecule has 1 N–H and O–H groups in total. The van der Waals surface area contributed by atoms with Crippen LogP contribution in [0.4, 0.5) is 5.69 Å². The first-order valence-corrected chi connectivity index (χ1v) is 8.18. The van der Waals surface area contributed by atoms with E-state index in [-0.39, 0.29) is 5.75 Å². The molecule has 2 aromatic rings. The molecular formula is C12H14N2O2S2. The van der Waals surface area contributed by atoms with Crippen molar-refractivity contribution in [3.8, 4) is 0 Å². The van der Waals surface area contributed by atoms with Crippen molar-refractivity contribution in [2.45, 2.75) is 12.8 Å². The second-order valence-electron chi connectivity index (χ2n) is 3.87. The zero-order chi connectivity index (χ0) is 12.8. The lowest BCUT2D eigenvalue weighted by Crippen LogP contribution is -2.17. The SMILES string of the molecule is O=S(=O)(CCCc1cscn1)Nc1ccccc1. The molecule has 0 atom stereocenters. The fourth-order valence-electron chi connectivity index (χ4n) is 1.54. The number of aryl methyl sites for hydroxylation is 1. The zero-order valence-electron chi connectivity index (χ0n) is 9.74. The van der Waals surface area contributed by atoms with Gasteiger partial charge in [-0.05, 0) is 25.0 Å². The highest BCUT2D eigenvalue weighted by Crippen LogP contribution is 2.10. The van der Waals surface area contributed by atoms with Gasteiger partial charge < -0.3 is 0 Å². The Morgan fingerprint density at radius 2 is 2.00 bits per heavy atom. The van der Waals surface area contributed by atoms with Crippen LogP contribution in [0.5, 0.6) is 0 Å². The van der Waals surface area contributed by atoms with Crippen molar-refractivity contribution in [2.75, 3.05) is 10.5 Å². The Bertz CT molecular complexity index is 565. The lowest BCUT2D eigenvalue weighted by Gasteiger charge is -2.07. The van der Waals surface area contributed by atoms with Crippen molar-refractivity contribution in [1.29, 1.82) is 0 Å². The number of thiazole rings is 1. The topological polar surface area (TPSA) is 59.1 Å². The minimum atomic E-state index is -3.26. The second kappa shape index (κ2) is 5.97. The van der Waals surface area contributed by atoms with Gasteiger partial charge in [0.15, 0.2) is 0 Å². The first-order chi connectivity index (χ1) is 8.66. The van der Waals surface area contributed by atoms with E-state index in [2.05, 4.69) is 9.71 Å². The van der Waals surface area contributed by atoms with Crippen LogP contribution in [-0.4, -0.2) is 19.2 Å². The third-order valence-corrected chi connectivity index (χ3v) is 4.38. The summed E-state index contributed by atoms with van der Waals surface area (Å²) in [4.78, 5) is 4.12. The highest BCUT2D eigenvalue weighted by atomic mass is 32.2. The maximum Gasteiger partial charge on any atom is 0.232 e. The van der Waals surface area contributed by atoms with E-state index in [9.17, 15) is 8.42 Å². The molecule has 0 aliphatic heterocycles. The summed E-state index contributed by atoms with van der Waals surface area (Å²) in [6.07, 6.45) is 1.27. The molecule has 0 spiro atoms. The molecule has 0 bridgehead atoms. The largest absolute Gasteiger partial charge is 0.284 e. The second-order valence-corrected chi connectivity index (χ2v) is 6.43. The number of nitrogens with zero attached hydrogens (tertiary/aromatic N) is 1. The lowest BCUT2D eigenvalue weighted by molar-refractivity contribution is 0.598.